The molecule has 0 saturated carbocycles. The Balaban J connectivity index is -0.000000368. The summed E-state index contributed by atoms with van der Waals surface area (Å²) < 4.78 is 32.8. The predicted molar refractivity (Wildman–Crippen MR) is 58.7 cm³/mol. The molecule has 2 aliphatic rings. The number of ether oxygens (including phenoxy) is 2. The van der Waals surface area contributed by atoms with Gasteiger partial charge in [-0.15, -0.1) is 0 Å². The van der Waals surface area contributed by atoms with Gasteiger partial charge in [0.2, 0.25) is 0 Å². The van der Waals surface area contributed by atoms with Gasteiger partial charge in [-0.25, -0.2) is 0 Å². The molecule has 20 heavy (non-hydrogen) atoms. The van der Waals surface area contributed by atoms with Gasteiger partial charge in [0, 0.05) is 36.3 Å². The number of methoxy groups -OCH3 is 1. The van der Waals surface area contributed by atoms with E-state index in [2.05, 4.69) is 20.0 Å². The Hall–Kier alpha value is -1.51. The van der Waals surface area contributed by atoms with E-state index in [9.17, 15) is 4.79 Å². The van der Waals surface area contributed by atoms with E-state index in [1.54, 1.807) is 7.11 Å². The summed E-state index contributed by atoms with van der Waals surface area (Å²) in [6, 6.07) is 0. The minimum atomic E-state index is -0.362. The molecule has 1 aliphatic carbocycles. The Morgan fingerprint density at radius 1 is 1.25 bits per heavy atom. The fourth-order valence-electron chi connectivity index (χ4n) is 1.70. The van der Waals surface area contributed by atoms with E-state index in [0.29, 0.717) is 6.42 Å². The fraction of sp³-hybridized carbons (Fsp3) is 0.385. The first-order valence-electron chi connectivity index (χ1n) is 5.01. The molecule has 0 radical (unpaired) electrons. The molecule has 0 amide bonds. The molecule has 2 rings (SSSR count). The fourth-order valence-corrected chi connectivity index (χ4v) is 1.70. The van der Waals surface area contributed by atoms with Crippen LogP contribution in [0, 0.1) is 20.0 Å². The van der Waals surface area contributed by atoms with E-state index < -0.39 is 0 Å². The SMILES string of the molecule is COC1=CCC2(C=C1)CCC(=O)O2.[C-]#[O+].[C-]#[O+].[C-]#[O+].[Fe]. The Kier molecular flexibility index (Phi) is 16.4. The summed E-state index contributed by atoms with van der Waals surface area (Å²) >= 11 is 0. The molecule has 0 aromatic rings. The zero-order valence-electron chi connectivity index (χ0n) is 10.7. The van der Waals surface area contributed by atoms with Crippen LogP contribution in [0.1, 0.15) is 19.3 Å². The quantitative estimate of drug-likeness (QED) is 0.316. The van der Waals surface area contributed by atoms with Gasteiger partial charge in [0.15, 0.2) is 0 Å². The van der Waals surface area contributed by atoms with E-state index in [4.69, 9.17) is 23.4 Å². The summed E-state index contributed by atoms with van der Waals surface area (Å²) in [4.78, 5) is 11.0. The van der Waals surface area contributed by atoms with Crippen LogP contribution in [-0.4, -0.2) is 18.7 Å². The molecule has 7 heteroatoms. The monoisotopic (exact) mass is 320 g/mol. The number of hydrogen-bond acceptors (Lipinski definition) is 3. The number of hydrogen-bond donors (Lipinski definition) is 0. The van der Waals surface area contributed by atoms with Crippen LogP contribution in [0.4, 0.5) is 0 Å². The summed E-state index contributed by atoms with van der Waals surface area (Å²) in [5.41, 5.74) is -0.362. The molecule has 1 saturated heterocycles. The summed E-state index contributed by atoms with van der Waals surface area (Å²) in [5, 5.41) is 0. The average Bonchev–Trinajstić information content (AvgIpc) is 2.87. The second-order valence-electron chi connectivity index (χ2n) is 3.39. The van der Waals surface area contributed by atoms with Gasteiger partial charge in [-0.2, -0.15) is 0 Å². The van der Waals surface area contributed by atoms with Crippen LogP contribution in [0.5, 0.6) is 0 Å². The van der Waals surface area contributed by atoms with Crippen LogP contribution >= 0.6 is 0 Å². The van der Waals surface area contributed by atoms with E-state index in [0.717, 1.165) is 18.6 Å². The normalized spacial score (nSPS) is 20.9. The van der Waals surface area contributed by atoms with Crippen molar-refractivity contribution < 1.29 is 45.3 Å². The number of carbonyl (C=O) groups is 1. The second-order valence-corrected chi connectivity index (χ2v) is 3.39. The largest absolute Gasteiger partial charge is 0 e. The topological polar surface area (TPSA) is 95.2 Å². The number of carbonyl (C=O) groups excluding carboxylic acids is 1. The van der Waals surface area contributed by atoms with Crippen LogP contribution in [-0.2, 0) is 45.3 Å². The van der Waals surface area contributed by atoms with Crippen molar-refractivity contribution in [3.8, 4) is 0 Å². The first-order chi connectivity index (χ1) is 9.24. The van der Waals surface area contributed by atoms with Crippen molar-refractivity contribution in [3.63, 3.8) is 0 Å². The Morgan fingerprint density at radius 2 is 1.80 bits per heavy atom. The minimum absolute atomic E-state index is 0. The zero-order valence-corrected chi connectivity index (χ0v) is 11.8. The molecule has 1 unspecified atom stereocenters. The Morgan fingerprint density at radius 3 is 2.10 bits per heavy atom. The Labute approximate surface area is 127 Å². The molecule has 0 bridgehead atoms. The maximum absolute atomic E-state index is 11.0. The standard InChI is InChI=1S/C10H12O3.3CO.Fe/c1-12-8-2-5-10(6-3-8)7-4-9(11)13-10;3*1-2;/h2-3,5H,4,6-7H2,1H3;;;;. The van der Waals surface area contributed by atoms with E-state index in [1.165, 1.54) is 0 Å². The molecular formula is C13H12FeO6. The summed E-state index contributed by atoms with van der Waals surface area (Å²) in [5.74, 6) is 0.743. The first-order valence-corrected chi connectivity index (χ1v) is 5.01. The van der Waals surface area contributed by atoms with Crippen molar-refractivity contribution in [2.45, 2.75) is 24.9 Å². The third-order valence-corrected chi connectivity index (χ3v) is 2.51. The van der Waals surface area contributed by atoms with Crippen LogP contribution in [0.15, 0.2) is 24.0 Å². The van der Waals surface area contributed by atoms with E-state index in [-0.39, 0.29) is 28.6 Å². The Bertz CT molecular complexity index is 393. The van der Waals surface area contributed by atoms with Crippen molar-refractivity contribution in [1.82, 2.24) is 0 Å². The van der Waals surface area contributed by atoms with Gasteiger partial charge < -0.3 is 9.47 Å². The third kappa shape index (κ3) is 7.17. The van der Waals surface area contributed by atoms with Crippen molar-refractivity contribution in [1.29, 1.82) is 0 Å². The van der Waals surface area contributed by atoms with Gasteiger partial charge in [-0.05, 0) is 18.2 Å². The molecule has 1 heterocycles. The zero-order chi connectivity index (χ0) is 15.3. The van der Waals surface area contributed by atoms with Gasteiger partial charge in [-0.3, -0.25) is 4.79 Å². The molecule has 6 nitrogen and oxygen atoms in total. The van der Waals surface area contributed by atoms with Gasteiger partial charge in [0.05, 0.1) is 7.11 Å². The van der Waals surface area contributed by atoms with Gasteiger partial charge in [0.25, 0.3) is 0 Å². The second kappa shape index (κ2) is 13.9. The van der Waals surface area contributed by atoms with Crippen LogP contribution in [0.3, 0.4) is 0 Å². The van der Waals surface area contributed by atoms with Crippen LogP contribution < -0.4 is 0 Å². The minimum Gasteiger partial charge on any atom is 0 e. The molecular weight excluding hydrogens is 308 g/mol. The van der Waals surface area contributed by atoms with Crippen LogP contribution in [0.2, 0.25) is 0 Å². The number of rotatable bonds is 1. The predicted octanol–water partition coefficient (Wildman–Crippen LogP) is 1.44. The molecule has 108 valence electrons. The van der Waals surface area contributed by atoms with Crippen molar-refractivity contribution in [3.05, 3.63) is 43.9 Å². The van der Waals surface area contributed by atoms with Crippen LogP contribution in [0.25, 0.3) is 0 Å². The van der Waals surface area contributed by atoms with Crippen molar-refractivity contribution in [2.75, 3.05) is 7.11 Å². The molecule has 1 fully saturated rings. The maximum Gasteiger partial charge on any atom is 0 e. The van der Waals surface area contributed by atoms with Gasteiger partial charge in [-0.1, -0.05) is 0 Å². The van der Waals surface area contributed by atoms with E-state index >= 15 is 0 Å². The molecule has 1 spiro atoms. The van der Waals surface area contributed by atoms with E-state index in [1.807, 2.05) is 18.2 Å². The molecule has 1 aliphatic heterocycles. The molecule has 0 aromatic heterocycles. The summed E-state index contributed by atoms with van der Waals surface area (Å²) in [6.07, 6.45) is 7.80. The van der Waals surface area contributed by atoms with Gasteiger partial charge >= 0.3 is 39.9 Å². The van der Waals surface area contributed by atoms with Crippen molar-refractivity contribution >= 4 is 5.97 Å². The first kappa shape index (κ1) is 23.6. The smallest absolute Gasteiger partial charge is 0 e. The third-order valence-electron chi connectivity index (χ3n) is 2.51. The molecule has 0 aromatic carbocycles. The average molecular weight is 320 g/mol. The molecule has 1 atom stereocenters. The summed E-state index contributed by atoms with van der Waals surface area (Å²) in [6.45, 7) is 13.5. The van der Waals surface area contributed by atoms with Crippen molar-refractivity contribution in [2.24, 2.45) is 0 Å². The summed E-state index contributed by atoms with van der Waals surface area (Å²) in [7, 11) is 1.63. The maximum atomic E-state index is 11.0. The number of allylic oxidation sites excluding steroid dienone is 1. The molecule has 0 N–H and O–H groups in total. The number of esters is 1. The van der Waals surface area contributed by atoms with Gasteiger partial charge in [0.1, 0.15) is 11.4 Å².